The summed E-state index contributed by atoms with van der Waals surface area (Å²) in [6, 6.07) is 5.00. The molecule has 1 aliphatic rings. The molecule has 140 valence electrons. The van der Waals surface area contributed by atoms with Crippen molar-refractivity contribution in [1.82, 2.24) is 14.7 Å². The van der Waals surface area contributed by atoms with E-state index in [1.165, 1.54) is 12.1 Å². The number of halogens is 3. The average molecular weight is 367 g/mol. The molecular formula is C18H20F3N3O2. The van der Waals surface area contributed by atoms with E-state index < -0.39 is 17.7 Å². The van der Waals surface area contributed by atoms with Gasteiger partial charge in [-0.1, -0.05) is 12.1 Å². The van der Waals surface area contributed by atoms with E-state index in [1.807, 2.05) is 7.05 Å². The minimum Gasteiger partial charge on any atom is -0.461 e. The van der Waals surface area contributed by atoms with Crippen LogP contribution in [0.1, 0.15) is 39.8 Å². The highest BCUT2D eigenvalue weighted by Crippen LogP contribution is 2.29. The number of carbonyl (C=O) groups excluding carboxylic acids is 1. The smallest absolute Gasteiger partial charge is 0.416 e. The lowest BCUT2D eigenvalue weighted by molar-refractivity contribution is -0.137. The van der Waals surface area contributed by atoms with E-state index in [9.17, 15) is 18.0 Å². The second-order valence-electron chi connectivity index (χ2n) is 6.33. The summed E-state index contributed by atoms with van der Waals surface area (Å²) in [6.45, 7) is 3.72. The van der Waals surface area contributed by atoms with Gasteiger partial charge in [-0.3, -0.25) is 4.68 Å². The third-order valence-electron chi connectivity index (χ3n) is 4.41. The molecule has 8 heteroatoms. The Hall–Kier alpha value is -2.35. The molecule has 0 spiro atoms. The van der Waals surface area contributed by atoms with Gasteiger partial charge >= 0.3 is 12.1 Å². The van der Waals surface area contributed by atoms with E-state index in [1.54, 1.807) is 11.6 Å². The van der Waals surface area contributed by atoms with E-state index in [-0.39, 0.29) is 6.61 Å². The van der Waals surface area contributed by atoms with Gasteiger partial charge in [-0.2, -0.15) is 18.3 Å². The third-order valence-corrected chi connectivity index (χ3v) is 4.41. The SMILES string of the molecule is CCOC(=O)c1nn(Cc2ccc(C(F)(F)F)cc2)c2c1CN(C)CC2. The van der Waals surface area contributed by atoms with E-state index in [2.05, 4.69) is 10.00 Å². The number of hydrogen-bond donors (Lipinski definition) is 0. The number of hydrogen-bond acceptors (Lipinski definition) is 4. The molecule has 1 aliphatic heterocycles. The molecule has 0 radical (unpaired) electrons. The maximum Gasteiger partial charge on any atom is 0.416 e. The van der Waals surface area contributed by atoms with Crippen molar-refractivity contribution in [2.45, 2.75) is 32.6 Å². The van der Waals surface area contributed by atoms with Crippen molar-refractivity contribution in [3.8, 4) is 0 Å². The molecule has 3 rings (SSSR count). The number of ether oxygens (including phenoxy) is 1. The van der Waals surface area contributed by atoms with Gasteiger partial charge in [-0.05, 0) is 31.7 Å². The summed E-state index contributed by atoms with van der Waals surface area (Å²) in [4.78, 5) is 14.3. The number of alkyl halides is 3. The van der Waals surface area contributed by atoms with Crippen LogP contribution >= 0.6 is 0 Å². The molecule has 2 aromatic rings. The third kappa shape index (κ3) is 3.75. The molecular weight excluding hydrogens is 347 g/mol. The van der Waals surface area contributed by atoms with Crippen molar-refractivity contribution in [2.75, 3.05) is 20.2 Å². The molecule has 0 N–H and O–H groups in total. The van der Waals surface area contributed by atoms with E-state index >= 15 is 0 Å². The fraction of sp³-hybridized carbons (Fsp3) is 0.444. The molecule has 0 saturated carbocycles. The number of benzene rings is 1. The molecule has 0 saturated heterocycles. The predicted octanol–water partition coefficient (Wildman–Crippen LogP) is 3.11. The van der Waals surface area contributed by atoms with Crippen molar-refractivity contribution < 1.29 is 22.7 Å². The Morgan fingerprint density at radius 3 is 2.58 bits per heavy atom. The van der Waals surface area contributed by atoms with Crippen LogP contribution in [-0.4, -0.2) is 40.8 Å². The van der Waals surface area contributed by atoms with Crippen molar-refractivity contribution in [1.29, 1.82) is 0 Å². The lowest BCUT2D eigenvalue weighted by Crippen LogP contribution is -2.28. The van der Waals surface area contributed by atoms with Crippen LogP contribution in [0.2, 0.25) is 0 Å². The molecule has 26 heavy (non-hydrogen) atoms. The largest absolute Gasteiger partial charge is 0.461 e. The fourth-order valence-electron chi connectivity index (χ4n) is 3.09. The Balaban J connectivity index is 1.90. The molecule has 0 bridgehead atoms. The first-order valence-electron chi connectivity index (χ1n) is 8.40. The lowest BCUT2D eigenvalue weighted by atomic mass is 10.1. The average Bonchev–Trinajstić information content (AvgIpc) is 2.92. The fourth-order valence-corrected chi connectivity index (χ4v) is 3.09. The Kier molecular flexibility index (Phi) is 5.04. The van der Waals surface area contributed by atoms with Crippen LogP contribution in [-0.2, 0) is 30.4 Å². The number of nitrogens with zero attached hydrogens (tertiary/aromatic N) is 3. The van der Waals surface area contributed by atoms with Gasteiger partial charge in [0.25, 0.3) is 0 Å². The maximum atomic E-state index is 12.7. The summed E-state index contributed by atoms with van der Waals surface area (Å²) in [7, 11) is 1.96. The molecule has 1 aromatic heterocycles. The van der Waals surface area contributed by atoms with Gasteiger partial charge in [0.15, 0.2) is 5.69 Å². The van der Waals surface area contributed by atoms with E-state index in [4.69, 9.17) is 4.74 Å². The zero-order valence-electron chi connectivity index (χ0n) is 14.6. The highest BCUT2D eigenvalue weighted by Gasteiger charge is 2.30. The number of likely N-dealkylation sites (N-methyl/N-ethyl adjacent to an activating group) is 1. The van der Waals surface area contributed by atoms with Gasteiger partial charge in [0.2, 0.25) is 0 Å². The van der Waals surface area contributed by atoms with Crippen LogP contribution in [0.15, 0.2) is 24.3 Å². The normalized spacial score (nSPS) is 15.0. The van der Waals surface area contributed by atoms with Crippen molar-refractivity contribution in [3.63, 3.8) is 0 Å². The first-order chi connectivity index (χ1) is 12.3. The summed E-state index contributed by atoms with van der Waals surface area (Å²) in [5, 5.41) is 4.40. The first-order valence-corrected chi connectivity index (χ1v) is 8.40. The first kappa shape index (κ1) is 18.4. The summed E-state index contributed by atoms with van der Waals surface area (Å²) in [5.41, 5.74) is 2.07. The van der Waals surface area contributed by atoms with Gasteiger partial charge in [-0.15, -0.1) is 0 Å². The topological polar surface area (TPSA) is 47.4 Å². The van der Waals surface area contributed by atoms with Crippen LogP contribution in [0.4, 0.5) is 13.2 Å². The molecule has 5 nitrogen and oxygen atoms in total. The number of rotatable bonds is 4. The van der Waals surface area contributed by atoms with Crippen LogP contribution in [0.3, 0.4) is 0 Å². The number of carbonyl (C=O) groups is 1. The van der Waals surface area contributed by atoms with Gasteiger partial charge < -0.3 is 9.64 Å². The van der Waals surface area contributed by atoms with Gasteiger partial charge in [0.05, 0.1) is 18.7 Å². The van der Waals surface area contributed by atoms with Crippen LogP contribution in [0, 0.1) is 0 Å². The van der Waals surface area contributed by atoms with Crippen LogP contribution in [0.25, 0.3) is 0 Å². The minimum absolute atomic E-state index is 0.259. The minimum atomic E-state index is -4.36. The summed E-state index contributed by atoms with van der Waals surface area (Å²) in [5.74, 6) is -0.467. The molecule has 0 aliphatic carbocycles. The van der Waals surface area contributed by atoms with Gasteiger partial charge in [-0.25, -0.2) is 4.79 Å². The zero-order valence-corrected chi connectivity index (χ0v) is 14.6. The molecule has 1 aromatic carbocycles. The second kappa shape index (κ2) is 7.11. The van der Waals surface area contributed by atoms with Gasteiger partial charge in [0, 0.05) is 30.8 Å². The Labute approximate surface area is 149 Å². The molecule has 0 amide bonds. The molecule has 2 heterocycles. The van der Waals surface area contributed by atoms with Crippen LogP contribution < -0.4 is 0 Å². The summed E-state index contributed by atoms with van der Waals surface area (Å²) in [6.07, 6.45) is -3.63. The number of esters is 1. The van der Waals surface area contributed by atoms with E-state index in [0.29, 0.717) is 24.3 Å². The Bertz CT molecular complexity index is 797. The van der Waals surface area contributed by atoms with Gasteiger partial charge in [0.1, 0.15) is 0 Å². The molecule has 0 atom stereocenters. The maximum absolute atomic E-state index is 12.7. The van der Waals surface area contributed by atoms with Crippen molar-refractivity contribution in [3.05, 3.63) is 52.3 Å². The lowest BCUT2D eigenvalue weighted by Gasteiger charge is -2.23. The Morgan fingerprint density at radius 2 is 1.96 bits per heavy atom. The van der Waals surface area contributed by atoms with E-state index in [0.717, 1.165) is 36.4 Å². The van der Waals surface area contributed by atoms with Crippen molar-refractivity contribution in [2.24, 2.45) is 0 Å². The zero-order chi connectivity index (χ0) is 18.9. The molecule has 0 unspecified atom stereocenters. The summed E-state index contributed by atoms with van der Waals surface area (Å²) < 4.78 is 44.9. The Morgan fingerprint density at radius 1 is 1.27 bits per heavy atom. The number of aromatic nitrogens is 2. The summed E-state index contributed by atoms with van der Waals surface area (Å²) >= 11 is 0. The predicted molar refractivity (Wildman–Crippen MR) is 88.8 cm³/mol. The molecule has 0 fully saturated rings. The number of fused-ring (bicyclic) bond motifs is 1. The highest BCUT2D eigenvalue weighted by atomic mass is 19.4. The standard InChI is InChI=1S/C18H20F3N3O2/c1-3-26-17(25)16-14-11-23(2)9-8-15(14)24(22-16)10-12-4-6-13(7-5-12)18(19,20)21/h4-7H,3,8-11H2,1-2H3. The highest BCUT2D eigenvalue weighted by molar-refractivity contribution is 5.89. The van der Waals surface area contributed by atoms with Crippen LogP contribution in [0.5, 0.6) is 0 Å². The quantitative estimate of drug-likeness (QED) is 0.779. The van der Waals surface area contributed by atoms with Crippen molar-refractivity contribution >= 4 is 5.97 Å². The monoisotopic (exact) mass is 367 g/mol. The second-order valence-corrected chi connectivity index (χ2v) is 6.33.